The van der Waals surface area contributed by atoms with Gasteiger partial charge < -0.3 is 9.80 Å². The van der Waals surface area contributed by atoms with E-state index in [1.54, 1.807) is 0 Å². The molecule has 0 spiro atoms. The average molecular weight is 565 g/mol. The molecule has 2 nitrogen and oxygen atoms in total. The summed E-state index contributed by atoms with van der Waals surface area (Å²) in [6.07, 6.45) is 0. The molecule has 0 bridgehead atoms. The molecule has 2 heteroatoms. The van der Waals surface area contributed by atoms with Gasteiger partial charge in [-0.2, -0.15) is 0 Å². The van der Waals surface area contributed by atoms with Gasteiger partial charge in [0.1, 0.15) is 0 Å². The highest BCUT2D eigenvalue weighted by atomic mass is 15.2. The molecule has 0 saturated heterocycles. The van der Waals surface area contributed by atoms with Gasteiger partial charge in [0, 0.05) is 38.9 Å². The summed E-state index contributed by atoms with van der Waals surface area (Å²) < 4.78 is 0. The molecule has 0 fully saturated rings. The van der Waals surface area contributed by atoms with Gasteiger partial charge in [0.15, 0.2) is 0 Å². The van der Waals surface area contributed by atoms with Crippen LogP contribution >= 0.6 is 0 Å². The van der Waals surface area contributed by atoms with Crippen LogP contribution in [0.3, 0.4) is 0 Å². The average Bonchev–Trinajstić information content (AvgIpc) is 3.07. The molecule has 0 heterocycles. The van der Waals surface area contributed by atoms with Gasteiger partial charge in [0.25, 0.3) is 0 Å². The van der Waals surface area contributed by atoms with Crippen molar-refractivity contribution in [3.8, 4) is 0 Å². The molecular weight excluding hydrogens is 532 g/mol. The number of nitrogens with zero attached hydrogens (tertiary/aromatic N) is 2. The molecule has 0 amide bonds. The van der Waals surface area contributed by atoms with Crippen molar-refractivity contribution in [1.29, 1.82) is 0 Å². The lowest BCUT2D eigenvalue weighted by Crippen LogP contribution is -2.12. The van der Waals surface area contributed by atoms with Gasteiger partial charge in [-0.3, -0.25) is 0 Å². The molecule has 8 rings (SSSR count). The second-order valence-corrected chi connectivity index (χ2v) is 11.6. The van der Waals surface area contributed by atoms with Gasteiger partial charge in [-0.05, 0) is 90.7 Å². The third kappa shape index (κ3) is 4.35. The van der Waals surface area contributed by atoms with Gasteiger partial charge in [-0.25, -0.2) is 0 Å². The fraction of sp³-hybridized carbons (Fsp3) is 0.0476. The van der Waals surface area contributed by atoms with Crippen LogP contribution in [-0.4, -0.2) is 0 Å². The van der Waals surface area contributed by atoms with Gasteiger partial charge in [0.2, 0.25) is 0 Å². The first kappa shape index (κ1) is 26.1. The zero-order chi connectivity index (χ0) is 29.6. The van der Waals surface area contributed by atoms with Crippen LogP contribution in [0.25, 0.3) is 32.3 Å². The van der Waals surface area contributed by atoms with Crippen molar-refractivity contribution in [2.24, 2.45) is 0 Å². The van der Waals surface area contributed by atoms with Crippen LogP contribution in [0.2, 0.25) is 0 Å². The van der Waals surface area contributed by atoms with Crippen LogP contribution in [-0.2, 0) is 0 Å². The van der Waals surface area contributed by atoms with E-state index in [2.05, 4.69) is 181 Å². The molecule has 0 unspecified atom stereocenters. The summed E-state index contributed by atoms with van der Waals surface area (Å²) in [5.41, 5.74) is 9.39. The summed E-state index contributed by atoms with van der Waals surface area (Å²) in [5, 5.41) is 7.53. The van der Waals surface area contributed by atoms with Crippen LogP contribution in [0.4, 0.5) is 34.1 Å². The van der Waals surface area contributed by atoms with E-state index in [0.717, 1.165) is 22.7 Å². The number of aryl methyl sites for hydroxylation is 2. The fourth-order valence-electron chi connectivity index (χ4n) is 6.58. The monoisotopic (exact) mass is 564 g/mol. The first-order chi connectivity index (χ1) is 21.7. The standard InChI is InChI=1S/C42H32N2/c1-29-19-23-35(24-20-29)43(33-13-5-3-6-14-33)39-27-31-11-9-12-32-28-40(38-18-10-17-37(39)42(38)41(31)32)44(34-15-7-4-8-16-34)36-25-21-30(2)22-26-36/h3-28H,1-2H3. The first-order valence-corrected chi connectivity index (χ1v) is 15.2. The van der Waals surface area contributed by atoms with E-state index in [1.807, 2.05) is 0 Å². The highest BCUT2D eigenvalue weighted by Gasteiger charge is 2.23. The lowest BCUT2D eigenvalue weighted by molar-refractivity contribution is 1.29. The Bertz CT molecular complexity index is 2060. The molecule has 0 aliphatic carbocycles. The molecule has 0 radical (unpaired) electrons. The topological polar surface area (TPSA) is 6.48 Å². The molecule has 8 aromatic rings. The van der Waals surface area contributed by atoms with E-state index in [4.69, 9.17) is 0 Å². The molecule has 8 aromatic carbocycles. The Morgan fingerprint density at radius 1 is 0.341 bits per heavy atom. The summed E-state index contributed by atoms with van der Waals surface area (Å²) in [6.45, 7) is 4.28. The van der Waals surface area contributed by atoms with Crippen molar-refractivity contribution in [3.63, 3.8) is 0 Å². The molecule has 0 aromatic heterocycles. The molecule has 0 N–H and O–H groups in total. The van der Waals surface area contributed by atoms with Crippen LogP contribution in [0.5, 0.6) is 0 Å². The Labute approximate surface area is 258 Å². The number of hydrogen-bond acceptors (Lipinski definition) is 2. The smallest absolute Gasteiger partial charge is 0.0546 e. The summed E-state index contributed by atoms with van der Waals surface area (Å²) >= 11 is 0. The molecule has 0 aliphatic heterocycles. The van der Waals surface area contributed by atoms with E-state index >= 15 is 0 Å². The fourth-order valence-corrected chi connectivity index (χ4v) is 6.58. The molecular formula is C42H32N2. The minimum atomic E-state index is 1.14. The third-order valence-electron chi connectivity index (χ3n) is 8.67. The Hall–Kier alpha value is -5.60. The zero-order valence-electron chi connectivity index (χ0n) is 24.9. The Balaban J connectivity index is 1.47. The highest BCUT2D eigenvalue weighted by Crippen LogP contribution is 2.49. The van der Waals surface area contributed by atoms with Crippen LogP contribution < -0.4 is 9.80 Å². The lowest BCUT2D eigenvalue weighted by atomic mass is 9.91. The molecule has 44 heavy (non-hydrogen) atoms. The Kier molecular flexibility index (Phi) is 6.27. The predicted octanol–water partition coefficient (Wildman–Crippen LogP) is 12.1. The number of hydrogen-bond donors (Lipinski definition) is 0. The number of anilines is 6. The third-order valence-corrected chi connectivity index (χ3v) is 8.67. The first-order valence-electron chi connectivity index (χ1n) is 15.2. The van der Waals surface area contributed by atoms with Crippen molar-refractivity contribution in [3.05, 3.63) is 169 Å². The minimum absolute atomic E-state index is 1.14. The Morgan fingerprint density at radius 3 is 1.16 bits per heavy atom. The maximum Gasteiger partial charge on any atom is 0.0546 e. The lowest BCUT2D eigenvalue weighted by Gasteiger charge is -2.30. The normalized spacial score (nSPS) is 11.4. The summed E-state index contributed by atoms with van der Waals surface area (Å²) in [4.78, 5) is 4.80. The number of para-hydroxylation sites is 2. The number of benzene rings is 8. The van der Waals surface area contributed by atoms with Crippen molar-refractivity contribution < 1.29 is 0 Å². The van der Waals surface area contributed by atoms with Crippen LogP contribution in [0, 0.1) is 13.8 Å². The zero-order valence-corrected chi connectivity index (χ0v) is 24.9. The van der Waals surface area contributed by atoms with E-state index < -0.39 is 0 Å². The van der Waals surface area contributed by atoms with Gasteiger partial charge in [0.05, 0.1) is 11.4 Å². The van der Waals surface area contributed by atoms with E-state index in [9.17, 15) is 0 Å². The maximum atomic E-state index is 2.40. The van der Waals surface area contributed by atoms with Crippen molar-refractivity contribution in [1.82, 2.24) is 0 Å². The highest BCUT2D eigenvalue weighted by molar-refractivity contribution is 6.29. The van der Waals surface area contributed by atoms with Gasteiger partial charge in [-0.1, -0.05) is 108 Å². The van der Waals surface area contributed by atoms with Crippen LogP contribution in [0.15, 0.2) is 158 Å². The summed E-state index contributed by atoms with van der Waals surface area (Å²) in [5.74, 6) is 0. The molecule has 210 valence electrons. The minimum Gasteiger partial charge on any atom is -0.310 e. The SMILES string of the molecule is Cc1ccc(N(c2ccccc2)c2cc3cccc4cc(N(c5ccccc5)c5ccc(C)cc5)c5cccc2c5c34)cc1. The quantitative estimate of drug-likeness (QED) is 0.185. The van der Waals surface area contributed by atoms with E-state index in [1.165, 1.54) is 54.8 Å². The van der Waals surface area contributed by atoms with Gasteiger partial charge in [-0.15, -0.1) is 0 Å². The van der Waals surface area contributed by atoms with Crippen molar-refractivity contribution in [2.45, 2.75) is 13.8 Å². The Morgan fingerprint density at radius 2 is 0.727 bits per heavy atom. The van der Waals surface area contributed by atoms with E-state index in [-0.39, 0.29) is 0 Å². The predicted molar refractivity (Wildman–Crippen MR) is 189 cm³/mol. The van der Waals surface area contributed by atoms with Crippen molar-refractivity contribution in [2.75, 3.05) is 9.80 Å². The summed E-state index contributed by atoms with van der Waals surface area (Å²) in [6, 6.07) is 57.3. The maximum absolute atomic E-state index is 2.40. The second kappa shape index (κ2) is 10.6. The summed E-state index contributed by atoms with van der Waals surface area (Å²) in [7, 11) is 0. The molecule has 0 saturated carbocycles. The second-order valence-electron chi connectivity index (χ2n) is 11.6. The van der Waals surface area contributed by atoms with E-state index in [0.29, 0.717) is 0 Å². The van der Waals surface area contributed by atoms with Crippen LogP contribution in [0.1, 0.15) is 11.1 Å². The number of rotatable bonds is 6. The van der Waals surface area contributed by atoms with Gasteiger partial charge >= 0.3 is 0 Å². The molecule has 0 aliphatic rings. The largest absolute Gasteiger partial charge is 0.310 e. The molecule has 0 atom stereocenters. The van der Waals surface area contributed by atoms with Crippen molar-refractivity contribution >= 4 is 66.4 Å².